The molecule has 1 N–H and O–H groups in total. The molecule has 0 aliphatic carbocycles. The van der Waals surface area contributed by atoms with Crippen LogP contribution in [0.1, 0.15) is 5.01 Å². The monoisotopic (exact) mass is 451 g/mol. The van der Waals surface area contributed by atoms with Crippen LogP contribution in [0.2, 0.25) is 0 Å². The Morgan fingerprint density at radius 2 is 1.97 bits per heavy atom. The molecule has 0 spiro atoms. The van der Waals surface area contributed by atoms with Gasteiger partial charge in [-0.2, -0.15) is 0 Å². The smallest absolute Gasteiger partial charge is 0.234 e. The van der Waals surface area contributed by atoms with E-state index in [-0.39, 0.29) is 11.7 Å². The van der Waals surface area contributed by atoms with E-state index < -0.39 is 0 Å². The predicted octanol–water partition coefficient (Wildman–Crippen LogP) is 4.65. The molecule has 0 fully saturated rings. The third-order valence-corrected chi connectivity index (χ3v) is 6.37. The first-order chi connectivity index (χ1) is 15.0. The van der Waals surface area contributed by atoms with Crippen LogP contribution < -0.4 is 10.1 Å². The number of amides is 1. The molecular weight excluding hydrogens is 430 g/mol. The molecule has 0 unspecified atom stereocenters. The molecule has 4 rings (SSSR count). The van der Waals surface area contributed by atoms with E-state index in [1.54, 1.807) is 18.4 Å². The minimum Gasteiger partial charge on any atom is -0.497 e. The van der Waals surface area contributed by atoms with Crippen molar-refractivity contribution in [3.63, 3.8) is 0 Å². The van der Waals surface area contributed by atoms with Crippen molar-refractivity contribution >= 4 is 34.7 Å². The standard InChI is InChI=1S/C22H21N5O2S2/c1-14-23-19(12-30-14)16-5-4-6-17(11-16)24-20(28)13-31-22-26-25-21(27(22)2)15-7-9-18(29-3)10-8-15/h4-12H,13H2,1-3H3,(H,24,28). The number of methoxy groups -OCH3 is 1. The quantitative estimate of drug-likeness (QED) is 0.412. The molecule has 1 amide bonds. The maximum Gasteiger partial charge on any atom is 0.234 e. The van der Waals surface area contributed by atoms with Gasteiger partial charge < -0.3 is 14.6 Å². The third-order valence-electron chi connectivity index (χ3n) is 4.58. The molecule has 0 saturated carbocycles. The molecule has 31 heavy (non-hydrogen) atoms. The number of aromatic nitrogens is 4. The molecule has 0 saturated heterocycles. The maximum atomic E-state index is 12.5. The number of nitrogens with zero attached hydrogens (tertiary/aromatic N) is 4. The minimum absolute atomic E-state index is 0.106. The molecule has 0 bridgehead atoms. The van der Waals surface area contributed by atoms with E-state index in [2.05, 4.69) is 20.5 Å². The number of carbonyl (C=O) groups is 1. The second-order valence-electron chi connectivity index (χ2n) is 6.76. The number of ether oxygens (including phenoxy) is 1. The van der Waals surface area contributed by atoms with Gasteiger partial charge in [0.2, 0.25) is 5.91 Å². The molecule has 0 radical (unpaired) electrons. The van der Waals surface area contributed by atoms with Gasteiger partial charge in [0, 0.05) is 29.2 Å². The number of aryl methyl sites for hydroxylation is 1. The lowest BCUT2D eigenvalue weighted by Crippen LogP contribution is -2.14. The Hall–Kier alpha value is -3.17. The van der Waals surface area contributed by atoms with Gasteiger partial charge in [-0.15, -0.1) is 21.5 Å². The maximum absolute atomic E-state index is 12.5. The first kappa shape index (κ1) is 21.1. The van der Waals surface area contributed by atoms with Crippen molar-refractivity contribution in [1.29, 1.82) is 0 Å². The molecule has 2 aromatic heterocycles. The highest BCUT2D eigenvalue weighted by atomic mass is 32.2. The number of anilines is 1. The first-order valence-electron chi connectivity index (χ1n) is 9.52. The van der Waals surface area contributed by atoms with E-state index in [0.29, 0.717) is 5.16 Å². The Morgan fingerprint density at radius 3 is 2.68 bits per heavy atom. The van der Waals surface area contributed by atoms with Crippen LogP contribution in [-0.4, -0.2) is 38.5 Å². The van der Waals surface area contributed by atoms with E-state index in [1.165, 1.54) is 11.8 Å². The van der Waals surface area contributed by atoms with E-state index in [0.717, 1.165) is 39.1 Å². The van der Waals surface area contributed by atoms with Gasteiger partial charge in [-0.25, -0.2) is 4.98 Å². The summed E-state index contributed by atoms with van der Waals surface area (Å²) in [5.41, 5.74) is 3.57. The van der Waals surface area contributed by atoms with E-state index in [4.69, 9.17) is 4.74 Å². The zero-order valence-corrected chi connectivity index (χ0v) is 19.0. The Labute approximate surface area is 188 Å². The van der Waals surface area contributed by atoms with Crippen LogP contribution in [0.15, 0.2) is 59.1 Å². The van der Waals surface area contributed by atoms with Crippen molar-refractivity contribution in [1.82, 2.24) is 19.7 Å². The highest BCUT2D eigenvalue weighted by Crippen LogP contribution is 2.26. The number of thiazole rings is 1. The van der Waals surface area contributed by atoms with Crippen molar-refractivity contribution in [2.45, 2.75) is 12.1 Å². The molecule has 2 heterocycles. The fraction of sp³-hybridized carbons (Fsp3) is 0.182. The summed E-state index contributed by atoms with van der Waals surface area (Å²) in [6.07, 6.45) is 0. The van der Waals surface area contributed by atoms with Gasteiger partial charge in [0.15, 0.2) is 11.0 Å². The summed E-state index contributed by atoms with van der Waals surface area (Å²) in [6, 6.07) is 15.3. The lowest BCUT2D eigenvalue weighted by atomic mass is 10.1. The Bertz CT molecular complexity index is 1200. The number of benzene rings is 2. The molecular formula is C22H21N5O2S2. The molecule has 2 aromatic carbocycles. The molecule has 7 nitrogen and oxygen atoms in total. The number of rotatable bonds is 7. The topological polar surface area (TPSA) is 81.9 Å². The fourth-order valence-corrected chi connectivity index (χ4v) is 4.34. The fourth-order valence-electron chi connectivity index (χ4n) is 3.01. The average Bonchev–Trinajstić information content (AvgIpc) is 3.38. The zero-order chi connectivity index (χ0) is 21.8. The second-order valence-corrected chi connectivity index (χ2v) is 8.77. The number of carbonyl (C=O) groups excluding carboxylic acids is 1. The normalized spacial score (nSPS) is 10.8. The highest BCUT2D eigenvalue weighted by Gasteiger charge is 2.13. The van der Waals surface area contributed by atoms with Gasteiger partial charge in [-0.05, 0) is 43.3 Å². The largest absolute Gasteiger partial charge is 0.497 e. The van der Waals surface area contributed by atoms with E-state index in [9.17, 15) is 4.79 Å². The summed E-state index contributed by atoms with van der Waals surface area (Å²) in [7, 11) is 3.52. The van der Waals surface area contributed by atoms with Gasteiger partial charge in [0.05, 0.1) is 23.6 Å². The van der Waals surface area contributed by atoms with Crippen molar-refractivity contribution in [3.05, 3.63) is 58.9 Å². The van der Waals surface area contributed by atoms with Crippen LogP contribution in [0.25, 0.3) is 22.6 Å². The summed E-state index contributed by atoms with van der Waals surface area (Å²) in [6.45, 7) is 1.98. The van der Waals surface area contributed by atoms with Gasteiger partial charge in [-0.3, -0.25) is 4.79 Å². The van der Waals surface area contributed by atoms with Crippen LogP contribution in [0, 0.1) is 6.92 Å². The van der Waals surface area contributed by atoms with E-state index in [1.807, 2.05) is 72.4 Å². The highest BCUT2D eigenvalue weighted by molar-refractivity contribution is 7.99. The molecule has 4 aromatic rings. The van der Waals surface area contributed by atoms with Crippen molar-refractivity contribution in [2.75, 3.05) is 18.2 Å². The number of hydrogen-bond acceptors (Lipinski definition) is 7. The van der Waals surface area contributed by atoms with Gasteiger partial charge in [0.25, 0.3) is 0 Å². The molecule has 9 heteroatoms. The predicted molar refractivity (Wildman–Crippen MR) is 125 cm³/mol. The lowest BCUT2D eigenvalue weighted by molar-refractivity contribution is -0.113. The molecule has 0 atom stereocenters. The summed E-state index contributed by atoms with van der Waals surface area (Å²) < 4.78 is 7.07. The summed E-state index contributed by atoms with van der Waals surface area (Å²) in [5.74, 6) is 1.64. The summed E-state index contributed by atoms with van der Waals surface area (Å²) in [5, 5.41) is 15.1. The van der Waals surface area contributed by atoms with Crippen molar-refractivity contribution < 1.29 is 9.53 Å². The van der Waals surface area contributed by atoms with Crippen LogP contribution in [0.4, 0.5) is 5.69 Å². The van der Waals surface area contributed by atoms with Crippen LogP contribution in [0.5, 0.6) is 5.75 Å². The lowest BCUT2D eigenvalue weighted by Gasteiger charge is -2.07. The molecule has 0 aliphatic rings. The Balaban J connectivity index is 1.39. The average molecular weight is 452 g/mol. The van der Waals surface area contributed by atoms with Gasteiger partial charge >= 0.3 is 0 Å². The SMILES string of the molecule is COc1ccc(-c2nnc(SCC(=O)Nc3cccc(-c4csc(C)n4)c3)n2C)cc1. The van der Waals surface area contributed by atoms with Crippen molar-refractivity contribution in [2.24, 2.45) is 7.05 Å². The third kappa shape index (κ3) is 4.95. The van der Waals surface area contributed by atoms with Crippen molar-refractivity contribution in [3.8, 4) is 28.4 Å². The second kappa shape index (κ2) is 9.32. The number of hydrogen-bond donors (Lipinski definition) is 1. The van der Waals surface area contributed by atoms with E-state index >= 15 is 0 Å². The van der Waals surface area contributed by atoms with Crippen LogP contribution in [-0.2, 0) is 11.8 Å². The van der Waals surface area contributed by atoms with Gasteiger partial charge in [0.1, 0.15) is 5.75 Å². The Morgan fingerprint density at radius 1 is 1.16 bits per heavy atom. The van der Waals surface area contributed by atoms with Crippen LogP contribution in [0.3, 0.4) is 0 Å². The molecule has 0 aliphatic heterocycles. The van der Waals surface area contributed by atoms with Crippen LogP contribution >= 0.6 is 23.1 Å². The number of nitrogens with one attached hydrogen (secondary N) is 1. The first-order valence-corrected chi connectivity index (χ1v) is 11.4. The molecule has 158 valence electrons. The summed E-state index contributed by atoms with van der Waals surface area (Å²) in [4.78, 5) is 17.0. The zero-order valence-electron chi connectivity index (χ0n) is 17.3. The Kier molecular flexibility index (Phi) is 6.34. The number of thioether (sulfide) groups is 1. The minimum atomic E-state index is -0.106. The van der Waals surface area contributed by atoms with Gasteiger partial charge in [-0.1, -0.05) is 23.9 Å². The summed E-state index contributed by atoms with van der Waals surface area (Å²) >= 11 is 2.95.